The molecule has 3 aromatic carbocycles. The van der Waals surface area contributed by atoms with Crippen molar-refractivity contribution in [3.8, 4) is 34.1 Å². The van der Waals surface area contributed by atoms with Crippen LogP contribution in [0.15, 0.2) is 71.9 Å². The van der Waals surface area contributed by atoms with Crippen LogP contribution in [0, 0.1) is 6.92 Å². The Bertz CT molecular complexity index is 2010. The highest BCUT2D eigenvalue weighted by Crippen LogP contribution is 2.38. The van der Waals surface area contributed by atoms with Gasteiger partial charge in [-0.25, -0.2) is 21.6 Å². The molecule has 256 valence electrons. The Morgan fingerprint density at radius 2 is 1.67 bits per heavy atom. The van der Waals surface area contributed by atoms with Crippen LogP contribution in [0.5, 0.6) is 23.0 Å². The molecule has 11 nitrogen and oxygen atoms in total. The van der Waals surface area contributed by atoms with Gasteiger partial charge in [-0.15, -0.1) is 0 Å². The number of hydrogen-bond donors (Lipinski definition) is 1. The number of pyridine rings is 1. The third-order valence-corrected chi connectivity index (χ3v) is 10.6. The number of nitrogens with zero attached hydrogens (tertiary/aromatic N) is 2. The smallest absolute Gasteiger partial charge is 0.212 e. The lowest BCUT2D eigenvalue weighted by Crippen LogP contribution is -2.30. The first-order chi connectivity index (χ1) is 22.8. The van der Waals surface area contributed by atoms with E-state index in [2.05, 4.69) is 9.71 Å². The zero-order valence-electron chi connectivity index (χ0n) is 27.2. The average molecular weight is 716 g/mol. The Hall–Kier alpha value is -3.88. The number of aromatic nitrogens is 1. The molecular weight excluding hydrogens is 678 g/mol. The normalized spacial score (nSPS) is 13.0. The maximum atomic E-state index is 12.1. The number of benzene rings is 3. The van der Waals surface area contributed by atoms with Gasteiger partial charge in [-0.3, -0.25) is 4.98 Å². The summed E-state index contributed by atoms with van der Waals surface area (Å²) in [5.74, 6) is 2.20. The van der Waals surface area contributed by atoms with E-state index in [1.165, 1.54) is 25.5 Å². The molecule has 0 amide bonds. The van der Waals surface area contributed by atoms with E-state index in [0.717, 1.165) is 34.3 Å². The molecule has 5 rings (SSSR count). The van der Waals surface area contributed by atoms with E-state index < -0.39 is 19.9 Å². The molecule has 1 aliphatic rings. The predicted molar refractivity (Wildman–Crippen MR) is 184 cm³/mol. The van der Waals surface area contributed by atoms with Crippen LogP contribution >= 0.6 is 11.6 Å². The molecule has 1 N–H and O–H groups in total. The summed E-state index contributed by atoms with van der Waals surface area (Å²) in [5.41, 5.74) is 5.28. The van der Waals surface area contributed by atoms with Crippen molar-refractivity contribution in [3.63, 3.8) is 0 Å². The molecular formula is C34H38ClN3O8S2. The van der Waals surface area contributed by atoms with Gasteiger partial charge in [-0.2, -0.15) is 0 Å². The number of sulfone groups is 1. The Morgan fingerprint density at radius 3 is 2.42 bits per heavy atom. The first-order valence-electron chi connectivity index (χ1n) is 15.1. The molecule has 0 saturated heterocycles. The number of nitrogens with one attached hydrogen (secondary N) is 1. The van der Waals surface area contributed by atoms with Crippen LogP contribution in [0.4, 0.5) is 0 Å². The second kappa shape index (κ2) is 15.1. The minimum Gasteiger partial charge on any atom is -0.488 e. The van der Waals surface area contributed by atoms with Gasteiger partial charge in [-0.05, 0) is 67.5 Å². The van der Waals surface area contributed by atoms with E-state index in [-0.39, 0.29) is 30.4 Å². The van der Waals surface area contributed by atoms with Crippen molar-refractivity contribution >= 4 is 31.5 Å². The van der Waals surface area contributed by atoms with Crippen molar-refractivity contribution in [1.82, 2.24) is 14.6 Å². The van der Waals surface area contributed by atoms with Crippen LogP contribution < -0.4 is 23.7 Å². The number of sulfonamides is 1. The molecule has 4 aromatic rings. The summed E-state index contributed by atoms with van der Waals surface area (Å²) in [7, 11) is -3.68. The zero-order chi connectivity index (χ0) is 34.5. The Morgan fingerprint density at radius 1 is 0.917 bits per heavy atom. The van der Waals surface area contributed by atoms with E-state index in [9.17, 15) is 16.8 Å². The fourth-order valence-corrected chi connectivity index (χ4v) is 6.73. The Kier molecular flexibility index (Phi) is 11.2. The second-order valence-electron chi connectivity index (χ2n) is 11.5. The third-order valence-electron chi connectivity index (χ3n) is 7.88. The molecule has 0 spiro atoms. The molecule has 0 fully saturated rings. The summed E-state index contributed by atoms with van der Waals surface area (Å²) in [6.07, 6.45) is 3.94. The molecule has 0 saturated carbocycles. The van der Waals surface area contributed by atoms with Crippen LogP contribution in [0.25, 0.3) is 11.1 Å². The van der Waals surface area contributed by atoms with Crippen LogP contribution in [-0.4, -0.2) is 72.6 Å². The second-order valence-corrected chi connectivity index (χ2v) is 15.9. The fourth-order valence-electron chi connectivity index (χ4n) is 5.12. The SMILES string of the molecule is CNS(=O)(=O)CCN(C)Cc1cc(Cl)c(OCc2cccc(-c3ccc4c(c3)OCCO4)c2C)cc1OCc1cncc(S(C)(=O)=O)c1. The topological polar surface area (TPSA) is 133 Å². The van der Waals surface area contributed by atoms with E-state index in [0.29, 0.717) is 53.2 Å². The lowest BCUT2D eigenvalue weighted by atomic mass is 9.96. The van der Waals surface area contributed by atoms with Gasteiger partial charge in [0.2, 0.25) is 10.0 Å². The van der Waals surface area contributed by atoms with Gasteiger partial charge >= 0.3 is 0 Å². The van der Waals surface area contributed by atoms with Crippen LogP contribution in [0.3, 0.4) is 0 Å². The van der Waals surface area contributed by atoms with Crippen LogP contribution in [0.2, 0.25) is 5.02 Å². The first-order valence-corrected chi connectivity index (χ1v) is 19.1. The van der Waals surface area contributed by atoms with Gasteiger partial charge in [0.1, 0.15) is 37.9 Å². The van der Waals surface area contributed by atoms with Gasteiger partial charge < -0.3 is 23.8 Å². The molecule has 0 radical (unpaired) electrons. The summed E-state index contributed by atoms with van der Waals surface area (Å²) in [6, 6.07) is 16.9. The first kappa shape index (κ1) is 35.4. The summed E-state index contributed by atoms with van der Waals surface area (Å²) in [4.78, 5) is 5.98. The molecule has 0 aliphatic carbocycles. The third kappa shape index (κ3) is 8.97. The molecule has 0 atom stereocenters. The quantitative estimate of drug-likeness (QED) is 0.190. The number of hydrogen-bond acceptors (Lipinski definition) is 10. The van der Waals surface area contributed by atoms with Crippen molar-refractivity contribution < 1.29 is 35.8 Å². The summed E-state index contributed by atoms with van der Waals surface area (Å²) >= 11 is 6.74. The molecule has 1 aromatic heterocycles. The molecule has 0 unspecified atom stereocenters. The fraction of sp³-hybridized carbons (Fsp3) is 0.324. The Balaban J connectivity index is 1.38. The highest BCUT2D eigenvalue weighted by Gasteiger charge is 2.18. The minimum absolute atomic E-state index is 0.0268. The molecule has 1 aliphatic heterocycles. The van der Waals surface area contributed by atoms with Gasteiger partial charge in [-0.1, -0.05) is 35.9 Å². The van der Waals surface area contributed by atoms with Crippen molar-refractivity contribution in [2.24, 2.45) is 0 Å². The molecule has 48 heavy (non-hydrogen) atoms. The van der Waals surface area contributed by atoms with E-state index in [1.807, 2.05) is 48.2 Å². The monoisotopic (exact) mass is 715 g/mol. The highest BCUT2D eigenvalue weighted by atomic mass is 35.5. The standard InChI is InChI=1S/C34H38ClN3O8S2/c1-23-26(6-5-7-29(23)25-8-9-31-34(16-25)44-12-11-43-31)22-46-33-17-32(45-21-24-14-28(19-37-18-24)47(4,39)40)27(15-30(33)35)20-38(3)10-13-48(41,42)36-2/h5-9,14-19,36H,10-13,20-22H2,1-4H3. The number of rotatable bonds is 14. The zero-order valence-corrected chi connectivity index (χ0v) is 29.5. The summed E-state index contributed by atoms with van der Waals surface area (Å²) < 4.78 is 74.4. The lowest BCUT2D eigenvalue weighted by Gasteiger charge is -2.21. The van der Waals surface area contributed by atoms with Gasteiger partial charge in [0.25, 0.3) is 0 Å². The maximum Gasteiger partial charge on any atom is 0.212 e. The summed E-state index contributed by atoms with van der Waals surface area (Å²) in [6.45, 7) is 3.91. The van der Waals surface area contributed by atoms with Crippen LogP contribution in [-0.2, 0) is 39.6 Å². The van der Waals surface area contributed by atoms with E-state index in [4.69, 9.17) is 30.5 Å². The van der Waals surface area contributed by atoms with Crippen molar-refractivity contribution in [3.05, 3.63) is 94.3 Å². The Labute approximate surface area is 286 Å². The number of halogens is 1. The maximum absolute atomic E-state index is 12.1. The molecule has 2 heterocycles. The van der Waals surface area contributed by atoms with Crippen molar-refractivity contribution in [2.45, 2.75) is 31.6 Å². The van der Waals surface area contributed by atoms with Crippen molar-refractivity contribution in [2.75, 3.05) is 45.9 Å². The lowest BCUT2D eigenvalue weighted by molar-refractivity contribution is 0.171. The largest absolute Gasteiger partial charge is 0.488 e. The number of ether oxygens (including phenoxy) is 4. The van der Waals surface area contributed by atoms with Gasteiger partial charge in [0.15, 0.2) is 21.3 Å². The summed E-state index contributed by atoms with van der Waals surface area (Å²) in [5, 5.41) is 0.356. The predicted octanol–water partition coefficient (Wildman–Crippen LogP) is 5.02. The minimum atomic E-state index is -3.46. The molecule has 0 bridgehead atoms. The highest BCUT2D eigenvalue weighted by molar-refractivity contribution is 7.90. The average Bonchev–Trinajstić information content (AvgIpc) is 3.06. The molecule has 14 heteroatoms. The number of fused-ring (bicyclic) bond motifs is 1. The van der Waals surface area contributed by atoms with E-state index in [1.54, 1.807) is 19.2 Å². The van der Waals surface area contributed by atoms with Gasteiger partial charge in [0.05, 0.1) is 15.7 Å². The van der Waals surface area contributed by atoms with Crippen molar-refractivity contribution in [1.29, 1.82) is 0 Å². The van der Waals surface area contributed by atoms with E-state index >= 15 is 0 Å². The van der Waals surface area contributed by atoms with Gasteiger partial charge in [0, 0.05) is 48.9 Å². The van der Waals surface area contributed by atoms with Crippen LogP contribution in [0.1, 0.15) is 22.3 Å².